The van der Waals surface area contributed by atoms with Gasteiger partial charge in [-0.3, -0.25) is 9.88 Å². The van der Waals surface area contributed by atoms with Gasteiger partial charge in [0.15, 0.2) is 12.6 Å². The number of rotatable bonds is 12. The molecule has 3 aliphatic heterocycles. The molecule has 15 heteroatoms. The molecule has 2 aromatic heterocycles. The van der Waals surface area contributed by atoms with Gasteiger partial charge in [-0.2, -0.15) is 9.97 Å². The fraction of sp³-hybridized carbons (Fsp3) is 0.574. The van der Waals surface area contributed by atoms with Gasteiger partial charge in [0.2, 0.25) is 0 Å². The lowest BCUT2D eigenvalue weighted by molar-refractivity contribution is 0.0512. The molecular weight excluding hydrogens is 814 g/mol. The number of benzene rings is 2. The molecule has 3 fully saturated rings. The van der Waals surface area contributed by atoms with E-state index < -0.39 is 55.1 Å². The summed E-state index contributed by atoms with van der Waals surface area (Å²) in [5.41, 5.74) is 9.31. The zero-order chi connectivity index (χ0) is 44.9. The number of nitrogens with zero attached hydrogens (tertiary/aromatic N) is 5. The lowest BCUT2D eigenvalue weighted by Gasteiger charge is -2.38. The Hall–Kier alpha value is -4.65. The highest BCUT2D eigenvalue weighted by molar-refractivity contribution is 6.90. The molecule has 2 aromatic carbocycles. The van der Waals surface area contributed by atoms with Crippen molar-refractivity contribution in [2.75, 3.05) is 45.0 Å². The Morgan fingerprint density at radius 1 is 1.05 bits per heavy atom. The number of fused-ring (bicyclic) bond motifs is 3. The number of amides is 1. The molecule has 0 radical (unpaired) electrons. The van der Waals surface area contributed by atoms with Crippen LogP contribution in [0.1, 0.15) is 93.6 Å². The van der Waals surface area contributed by atoms with Gasteiger partial charge in [0.1, 0.15) is 55.6 Å². The van der Waals surface area contributed by atoms with Gasteiger partial charge in [-0.25, -0.2) is 18.0 Å². The second-order valence-corrected chi connectivity index (χ2v) is 24.9. The predicted molar refractivity (Wildman–Crippen MR) is 239 cm³/mol. The number of methoxy groups -OCH3 is 1. The van der Waals surface area contributed by atoms with E-state index in [4.69, 9.17) is 39.6 Å². The van der Waals surface area contributed by atoms with Crippen LogP contribution in [0.25, 0.3) is 32.9 Å². The minimum atomic E-state index is -2.34. The highest BCUT2D eigenvalue weighted by Crippen LogP contribution is 2.45. The fourth-order valence-corrected chi connectivity index (χ4v) is 16.2. The van der Waals surface area contributed by atoms with E-state index in [0.717, 1.165) is 19.4 Å². The Kier molecular flexibility index (Phi) is 12.8. The predicted octanol–water partition coefficient (Wildman–Crippen LogP) is 9.72. The molecule has 334 valence electrons. The number of carbonyl (C=O) groups is 1. The van der Waals surface area contributed by atoms with Crippen molar-refractivity contribution in [2.45, 2.75) is 128 Å². The molecule has 2 N–H and O–H groups in total. The van der Waals surface area contributed by atoms with Crippen molar-refractivity contribution in [1.82, 2.24) is 19.9 Å². The third-order valence-corrected chi connectivity index (χ3v) is 19.8. The number of ether oxygens (including phenoxy) is 4. The molecule has 5 heterocycles. The molecule has 3 aliphatic rings. The molecule has 3 saturated heterocycles. The zero-order valence-corrected chi connectivity index (χ0v) is 38.7. The molecule has 11 nitrogen and oxygen atoms in total. The van der Waals surface area contributed by atoms with Crippen molar-refractivity contribution < 1.29 is 36.9 Å². The summed E-state index contributed by atoms with van der Waals surface area (Å²) in [4.78, 5) is 30.6. The summed E-state index contributed by atoms with van der Waals surface area (Å²) in [7, 11) is -0.835. The highest BCUT2D eigenvalue weighted by atomic mass is 28.3. The van der Waals surface area contributed by atoms with Gasteiger partial charge in [-0.1, -0.05) is 74.3 Å². The van der Waals surface area contributed by atoms with Crippen molar-refractivity contribution in [3.63, 3.8) is 0 Å². The first-order chi connectivity index (χ1) is 29.3. The molecule has 7 rings (SSSR count). The SMILES string of the molecule is COCOc1cc(-c2ncc3c(N4CCC(OC(N)=O)[C@@H]4C(C)(C)C)nc(OC[C@@]45CCCN4C[C@H](F)C5)nc3c2F)c2c(C#C[Si](C(C)C)(C(C)C)C(C)C)c(F)ccc2c1. The maximum atomic E-state index is 17.9. The summed E-state index contributed by atoms with van der Waals surface area (Å²) in [6.45, 7) is 20.8. The smallest absolute Gasteiger partial charge is 0.404 e. The maximum Gasteiger partial charge on any atom is 0.404 e. The third kappa shape index (κ3) is 8.30. The summed E-state index contributed by atoms with van der Waals surface area (Å²) in [6.07, 6.45) is 1.51. The van der Waals surface area contributed by atoms with Gasteiger partial charge in [-0.15, -0.1) is 5.54 Å². The van der Waals surface area contributed by atoms with E-state index in [2.05, 4.69) is 57.9 Å². The summed E-state index contributed by atoms with van der Waals surface area (Å²) >= 11 is 0. The van der Waals surface area contributed by atoms with Crippen LogP contribution in [-0.2, 0) is 9.47 Å². The highest BCUT2D eigenvalue weighted by Gasteiger charge is 2.50. The summed E-state index contributed by atoms with van der Waals surface area (Å²) in [6, 6.07) is 5.89. The minimum absolute atomic E-state index is 0.0799. The number of halogens is 3. The summed E-state index contributed by atoms with van der Waals surface area (Å²) in [5.74, 6) is 2.69. The van der Waals surface area contributed by atoms with Gasteiger partial charge < -0.3 is 29.6 Å². The molecule has 1 amide bonds. The Morgan fingerprint density at radius 2 is 1.77 bits per heavy atom. The van der Waals surface area contributed by atoms with Crippen LogP contribution in [0.5, 0.6) is 11.8 Å². The molecule has 1 unspecified atom stereocenters. The average Bonchev–Trinajstić information content (AvgIpc) is 3.88. The van der Waals surface area contributed by atoms with E-state index in [1.54, 1.807) is 18.2 Å². The van der Waals surface area contributed by atoms with Crippen LogP contribution in [0.15, 0.2) is 30.5 Å². The number of alkyl halides is 1. The van der Waals surface area contributed by atoms with Crippen molar-refractivity contribution in [2.24, 2.45) is 11.1 Å². The van der Waals surface area contributed by atoms with Crippen LogP contribution < -0.4 is 20.1 Å². The van der Waals surface area contributed by atoms with Crippen LogP contribution in [0.3, 0.4) is 0 Å². The van der Waals surface area contributed by atoms with E-state index in [1.165, 1.54) is 19.4 Å². The number of anilines is 1. The Bertz CT molecular complexity index is 2380. The monoisotopic (exact) mass is 874 g/mol. The number of pyridine rings is 1. The van der Waals surface area contributed by atoms with Gasteiger partial charge in [0.05, 0.1) is 22.5 Å². The quantitative estimate of drug-likeness (QED) is 0.0836. The van der Waals surface area contributed by atoms with Crippen LogP contribution in [0.4, 0.5) is 23.8 Å². The lowest BCUT2D eigenvalue weighted by atomic mass is 9.83. The van der Waals surface area contributed by atoms with Crippen molar-refractivity contribution in [3.8, 4) is 34.5 Å². The second-order valence-electron chi connectivity index (χ2n) is 19.3. The van der Waals surface area contributed by atoms with Gasteiger partial charge >= 0.3 is 12.1 Å². The van der Waals surface area contributed by atoms with Crippen molar-refractivity contribution >= 4 is 41.7 Å². The maximum absolute atomic E-state index is 17.9. The van der Waals surface area contributed by atoms with E-state index in [9.17, 15) is 9.18 Å². The van der Waals surface area contributed by atoms with Gasteiger partial charge in [0.25, 0.3) is 0 Å². The van der Waals surface area contributed by atoms with Crippen molar-refractivity contribution in [3.05, 3.63) is 47.7 Å². The Balaban J connectivity index is 1.46. The van der Waals surface area contributed by atoms with Crippen LogP contribution >= 0.6 is 0 Å². The van der Waals surface area contributed by atoms with E-state index >= 15 is 8.78 Å². The number of carbonyl (C=O) groups excluding carboxylic acids is 1. The fourth-order valence-electron chi connectivity index (χ4n) is 11.0. The minimum Gasteiger partial charge on any atom is -0.468 e. The molecule has 0 saturated carbocycles. The van der Waals surface area contributed by atoms with Gasteiger partial charge in [0, 0.05) is 50.2 Å². The van der Waals surface area contributed by atoms with E-state index in [-0.39, 0.29) is 41.7 Å². The molecule has 0 bridgehead atoms. The average molecular weight is 875 g/mol. The first-order valence-corrected chi connectivity index (χ1v) is 24.1. The standard InChI is InChI=1S/C47H61F3N6O5Si/c1-27(2)62(28(3)4,29(5)6)19-15-33-36(49)13-12-30-20-32(60-26-58-10)21-34(38(30)33)40-39(50)41-35(23-52-40)43(56-18-14-37(61-44(51)57)42(56)46(7,8)9)54-45(53-41)59-25-47-16-11-17-55(47)24-31(48)22-47/h12-13,20-21,23,27-29,31,37,42H,11,14,16-18,22,24-26H2,1-10H3,(H2,51,57)/t31-,37?,42-,47+/m1/s1. The number of nitrogens with two attached hydrogens (primary N) is 1. The van der Waals surface area contributed by atoms with Crippen LogP contribution in [-0.4, -0.2) is 98.0 Å². The number of hydrogen-bond acceptors (Lipinski definition) is 10. The molecule has 4 atom stereocenters. The topological polar surface area (TPSA) is 125 Å². The first kappa shape index (κ1) is 45.4. The summed E-state index contributed by atoms with van der Waals surface area (Å²) < 4.78 is 72.2. The molecular formula is C47H61F3N6O5Si. The zero-order valence-electron chi connectivity index (χ0n) is 37.7. The van der Waals surface area contributed by atoms with Crippen molar-refractivity contribution in [1.29, 1.82) is 0 Å². The van der Waals surface area contributed by atoms with Crippen LogP contribution in [0, 0.1) is 28.5 Å². The van der Waals surface area contributed by atoms with Crippen LogP contribution in [0.2, 0.25) is 16.6 Å². The van der Waals surface area contributed by atoms with E-state index in [0.29, 0.717) is 70.3 Å². The number of primary amides is 1. The number of aromatic nitrogens is 3. The lowest BCUT2D eigenvalue weighted by Crippen LogP contribution is -2.47. The Labute approximate surface area is 364 Å². The summed E-state index contributed by atoms with van der Waals surface area (Å²) in [5, 5.41) is 1.26. The Morgan fingerprint density at radius 3 is 2.44 bits per heavy atom. The normalized spacial score (nSPS) is 21.9. The molecule has 4 aromatic rings. The first-order valence-electron chi connectivity index (χ1n) is 21.8. The largest absolute Gasteiger partial charge is 0.468 e. The van der Waals surface area contributed by atoms with E-state index in [1.807, 2.05) is 25.7 Å². The number of hydrogen-bond donors (Lipinski definition) is 1. The third-order valence-electron chi connectivity index (χ3n) is 13.6. The molecule has 0 spiro atoms. The van der Waals surface area contributed by atoms with Gasteiger partial charge in [-0.05, 0) is 65.0 Å². The molecule has 0 aliphatic carbocycles. The molecule has 62 heavy (non-hydrogen) atoms. The second kappa shape index (κ2) is 17.5.